The van der Waals surface area contributed by atoms with Crippen molar-refractivity contribution in [3.63, 3.8) is 0 Å². The molecule has 1 atom stereocenters. The molecule has 1 saturated heterocycles. The van der Waals surface area contributed by atoms with Crippen LogP contribution in [0.25, 0.3) is 0 Å². The molecular weight excluding hydrogens is 288 g/mol. The third kappa shape index (κ3) is 5.65. The molecule has 5 heteroatoms. The van der Waals surface area contributed by atoms with Crippen molar-refractivity contribution < 1.29 is 9.53 Å². The van der Waals surface area contributed by atoms with Crippen LogP contribution in [0, 0.1) is 0 Å². The van der Waals surface area contributed by atoms with Crippen LogP contribution in [-0.4, -0.2) is 31.7 Å². The monoisotopic (exact) mass is 310 g/mol. The lowest BCUT2D eigenvalue weighted by Crippen LogP contribution is -2.33. The summed E-state index contributed by atoms with van der Waals surface area (Å²) < 4.78 is 5.74. The van der Waals surface area contributed by atoms with Gasteiger partial charge in [0.15, 0.2) is 0 Å². The molecule has 1 aliphatic heterocycles. The molecule has 2 N–H and O–H groups in total. The maximum atomic E-state index is 11.9. The summed E-state index contributed by atoms with van der Waals surface area (Å²) in [5, 5.41) is 6.97. The Morgan fingerprint density at radius 2 is 2.05 bits per heavy atom. The Labute approximate surface area is 131 Å². The van der Waals surface area contributed by atoms with Crippen LogP contribution in [0.4, 0.5) is 0 Å². The van der Waals surface area contributed by atoms with Crippen LogP contribution in [0.5, 0.6) is 0 Å². The average molecular weight is 311 g/mol. The van der Waals surface area contributed by atoms with Crippen molar-refractivity contribution in [1.29, 1.82) is 0 Å². The number of hydrogen-bond acceptors (Lipinski definition) is 3. The van der Waals surface area contributed by atoms with Gasteiger partial charge in [0.2, 0.25) is 5.91 Å². The normalized spacial score (nSPS) is 17.4. The molecule has 0 aliphatic carbocycles. The van der Waals surface area contributed by atoms with Crippen molar-refractivity contribution in [2.24, 2.45) is 0 Å². The smallest absolute Gasteiger partial charge is 0.222 e. The van der Waals surface area contributed by atoms with Gasteiger partial charge in [0, 0.05) is 11.4 Å². The first kappa shape index (κ1) is 16.3. The van der Waals surface area contributed by atoms with Gasteiger partial charge < -0.3 is 15.4 Å². The van der Waals surface area contributed by atoms with E-state index in [0.29, 0.717) is 24.2 Å². The molecule has 0 aromatic heterocycles. The summed E-state index contributed by atoms with van der Waals surface area (Å²) in [6, 6.07) is 7.51. The van der Waals surface area contributed by atoms with E-state index in [4.69, 9.17) is 16.3 Å². The SMILES string of the molecule is C[C@@H](NC(=O)CCOC1CCNCC1)c1ccc(Cl)cc1. The Hall–Kier alpha value is -1.10. The van der Waals surface area contributed by atoms with Crippen molar-refractivity contribution in [3.8, 4) is 0 Å². The second-order valence-corrected chi connectivity index (χ2v) is 5.85. The van der Waals surface area contributed by atoms with E-state index in [1.807, 2.05) is 31.2 Å². The van der Waals surface area contributed by atoms with Gasteiger partial charge in [0.1, 0.15) is 0 Å². The zero-order valence-electron chi connectivity index (χ0n) is 12.4. The summed E-state index contributed by atoms with van der Waals surface area (Å²) >= 11 is 5.86. The molecule has 4 nitrogen and oxygen atoms in total. The lowest BCUT2D eigenvalue weighted by atomic mass is 10.1. The molecule has 1 amide bonds. The van der Waals surface area contributed by atoms with Crippen molar-refractivity contribution >= 4 is 17.5 Å². The topological polar surface area (TPSA) is 50.4 Å². The van der Waals surface area contributed by atoms with Crippen molar-refractivity contribution in [3.05, 3.63) is 34.9 Å². The fraction of sp³-hybridized carbons (Fsp3) is 0.562. The highest BCUT2D eigenvalue weighted by atomic mass is 35.5. The molecular formula is C16H23ClN2O2. The standard InChI is InChI=1S/C16H23ClN2O2/c1-12(13-2-4-14(17)5-3-13)19-16(20)8-11-21-15-6-9-18-10-7-15/h2-5,12,15,18H,6-11H2,1H3,(H,19,20)/t12-/m1/s1. The van der Waals surface area contributed by atoms with Gasteiger partial charge in [-0.2, -0.15) is 0 Å². The average Bonchev–Trinajstić information content (AvgIpc) is 2.49. The second-order valence-electron chi connectivity index (χ2n) is 5.41. The third-order valence-corrected chi connectivity index (χ3v) is 3.97. The molecule has 0 radical (unpaired) electrons. The summed E-state index contributed by atoms with van der Waals surface area (Å²) in [6.07, 6.45) is 2.76. The number of carbonyl (C=O) groups is 1. The highest BCUT2D eigenvalue weighted by molar-refractivity contribution is 6.30. The van der Waals surface area contributed by atoms with Crippen LogP contribution in [0.1, 0.15) is 37.8 Å². The summed E-state index contributed by atoms with van der Waals surface area (Å²) in [5.74, 6) is 0.0198. The van der Waals surface area contributed by atoms with E-state index in [-0.39, 0.29) is 11.9 Å². The van der Waals surface area contributed by atoms with E-state index >= 15 is 0 Å². The van der Waals surface area contributed by atoms with Crippen LogP contribution in [0.2, 0.25) is 5.02 Å². The Morgan fingerprint density at radius 3 is 2.71 bits per heavy atom. The first-order valence-electron chi connectivity index (χ1n) is 7.52. The zero-order valence-corrected chi connectivity index (χ0v) is 13.2. The fourth-order valence-electron chi connectivity index (χ4n) is 2.43. The van der Waals surface area contributed by atoms with Gasteiger partial charge in [-0.15, -0.1) is 0 Å². The van der Waals surface area contributed by atoms with E-state index in [0.717, 1.165) is 31.5 Å². The number of ether oxygens (including phenoxy) is 1. The minimum absolute atomic E-state index is 0.0198. The van der Waals surface area contributed by atoms with Gasteiger partial charge in [0.05, 0.1) is 18.8 Å². The van der Waals surface area contributed by atoms with Crippen molar-refractivity contribution in [2.75, 3.05) is 19.7 Å². The molecule has 1 fully saturated rings. The minimum atomic E-state index is -0.0198. The Bertz CT molecular complexity index is 444. The number of rotatable bonds is 6. The maximum Gasteiger partial charge on any atom is 0.222 e. The van der Waals surface area contributed by atoms with E-state index < -0.39 is 0 Å². The highest BCUT2D eigenvalue weighted by Gasteiger charge is 2.14. The van der Waals surface area contributed by atoms with Gasteiger partial charge in [-0.3, -0.25) is 4.79 Å². The molecule has 0 bridgehead atoms. The second kappa shape index (κ2) is 8.37. The number of piperidine rings is 1. The quantitative estimate of drug-likeness (QED) is 0.849. The summed E-state index contributed by atoms with van der Waals surface area (Å²) in [7, 11) is 0. The number of hydrogen-bond donors (Lipinski definition) is 2. The van der Waals surface area contributed by atoms with Crippen LogP contribution in [0.15, 0.2) is 24.3 Å². The predicted molar refractivity (Wildman–Crippen MR) is 84.5 cm³/mol. The van der Waals surface area contributed by atoms with Crippen molar-refractivity contribution in [1.82, 2.24) is 10.6 Å². The van der Waals surface area contributed by atoms with E-state index in [2.05, 4.69) is 10.6 Å². The van der Waals surface area contributed by atoms with Crippen LogP contribution in [0.3, 0.4) is 0 Å². The van der Waals surface area contributed by atoms with Gasteiger partial charge in [-0.05, 0) is 50.6 Å². The van der Waals surface area contributed by atoms with Gasteiger partial charge >= 0.3 is 0 Å². The summed E-state index contributed by atoms with van der Waals surface area (Å²) in [6.45, 7) is 4.47. The van der Waals surface area contributed by atoms with Crippen LogP contribution < -0.4 is 10.6 Å². The third-order valence-electron chi connectivity index (χ3n) is 3.72. The number of halogens is 1. The number of amides is 1. The Kier molecular flexibility index (Phi) is 6.49. The largest absolute Gasteiger partial charge is 0.378 e. The van der Waals surface area contributed by atoms with Gasteiger partial charge in [-0.25, -0.2) is 0 Å². The highest BCUT2D eigenvalue weighted by Crippen LogP contribution is 2.16. The Balaban J connectivity index is 1.67. The molecule has 21 heavy (non-hydrogen) atoms. The first-order chi connectivity index (χ1) is 10.1. The molecule has 0 unspecified atom stereocenters. The van der Waals surface area contributed by atoms with Gasteiger partial charge in [0.25, 0.3) is 0 Å². The molecule has 116 valence electrons. The molecule has 1 aliphatic rings. The lowest BCUT2D eigenvalue weighted by Gasteiger charge is -2.23. The molecule has 1 heterocycles. The predicted octanol–water partition coefficient (Wildman–Crippen LogP) is 2.68. The molecule has 1 aromatic carbocycles. The Morgan fingerprint density at radius 1 is 1.38 bits per heavy atom. The fourth-order valence-corrected chi connectivity index (χ4v) is 2.55. The molecule has 1 aromatic rings. The minimum Gasteiger partial charge on any atom is -0.378 e. The van der Waals surface area contributed by atoms with E-state index in [1.165, 1.54) is 0 Å². The number of nitrogens with one attached hydrogen (secondary N) is 2. The zero-order chi connectivity index (χ0) is 15.1. The molecule has 2 rings (SSSR count). The number of benzene rings is 1. The molecule has 0 saturated carbocycles. The molecule has 0 spiro atoms. The summed E-state index contributed by atoms with van der Waals surface area (Å²) in [5.41, 5.74) is 1.05. The van der Waals surface area contributed by atoms with Gasteiger partial charge in [-0.1, -0.05) is 23.7 Å². The van der Waals surface area contributed by atoms with Crippen LogP contribution >= 0.6 is 11.6 Å². The van der Waals surface area contributed by atoms with E-state index in [1.54, 1.807) is 0 Å². The first-order valence-corrected chi connectivity index (χ1v) is 7.90. The maximum absolute atomic E-state index is 11.9. The lowest BCUT2D eigenvalue weighted by molar-refractivity contribution is -0.123. The number of carbonyl (C=O) groups excluding carboxylic acids is 1. The van der Waals surface area contributed by atoms with E-state index in [9.17, 15) is 4.79 Å². The van der Waals surface area contributed by atoms with Crippen LogP contribution in [-0.2, 0) is 9.53 Å². The van der Waals surface area contributed by atoms with Crippen molar-refractivity contribution in [2.45, 2.75) is 38.3 Å². The summed E-state index contributed by atoms with van der Waals surface area (Å²) in [4.78, 5) is 11.9.